The Kier molecular flexibility index (Phi) is 19.1. The molecular formula is C39H49N7O12. The predicted molar refractivity (Wildman–Crippen MR) is 212 cm³/mol. The van der Waals surface area contributed by atoms with Crippen molar-refractivity contribution in [3.05, 3.63) is 83.8 Å². The van der Waals surface area contributed by atoms with E-state index in [-0.39, 0.29) is 37.7 Å². The Morgan fingerprint density at radius 2 is 1.67 bits per heavy atom. The van der Waals surface area contributed by atoms with Crippen LogP contribution in [0.5, 0.6) is 0 Å². The molecule has 19 heteroatoms. The number of carbonyl (C=O) groups excluding carboxylic acids is 5. The average molecular weight is 808 g/mol. The third kappa shape index (κ3) is 14.7. The van der Waals surface area contributed by atoms with Crippen LogP contribution in [0.25, 0.3) is 11.0 Å². The molecule has 0 fully saturated rings. The lowest BCUT2D eigenvalue weighted by Crippen LogP contribution is -2.34. The molecule has 1 unspecified atom stereocenters. The number of carboxylic acid groups (broad SMARTS) is 1. The smallest absolute Gasteiger partial charge is 0.438 e. The molecule has 2 aromatic heterocycles. The summed E-state index contributed by atoms with van der Waals surface area (Å²) in [5.41, 5.74) is 8.35. The Hall–Kier alpha value is -6.73. The van der Waals surface area contributed by atoms with E-state index in [2.05, 4.69) is 15.3 Å². The molecule has 4 aromatic rings. The van der Waals surface area contributed by atoms with Crippen LogP contribution in [-0.4, -0.2) is 105 Å². The number of aliphatic imine (C=N–C) groups is 1. The summed E-state index contributed by atoms with van der Waals surface area (Å²) < 4.78 is 16.7. The molecule has 0 saturated heterocycles. The van der Waals surface area contributed by atoms with Crippen LogP contribution in [0.4, 0.5) is 16.3 Å². The molecule has 0 bridgehead atoms. The summed E-state index contributed by atoms with van der Waals surface area (Å²) in [6, 6.07) is 17.4. The van der Waals surface area contributed by atoms with Crippen molar-refractivity contribution in [2.45, 2.75) is 53.2 Å². The summed E-state index contributed by atoms with van der Waals surface area (Å²) in [6.45, 7) is 6.96. The molecule has 2 heterocycles. The van der Waals surface area contributed by atoms with Crippen LogP contribution < -0.4 is 16.0 Å². The van der Waals surface area contributed by atoms with Crippen molar-refractivity contribution in [2.75, 3.05) is 37.3 Å². The Morgan fingerprint density at radius 1 is 1.00 bits per heavy atom. The van der Waals surface area contributed by atoms with Crippen molar-refractivity contribution in [2.24, 2.45) is 23.2 Å². The number of amides is 2. The second-order valence-electron chi connectivity index (χ2n) is 12.9. The van der Waals surface area contributed by atoms with Gasteiger partial charge in [-0.2, -0.15) is 4.99 Å². The number of aliphatic carboxylic acids is 1. The molecule has 0 radical (unpaired) electrons. The monoisotopic (exact) mass is 807 g/mol. The van der Waals surface area contributed by atoms with Gasteiger partial charge in [0.2, 0.25) is 6.79 Å². The zero-order valence-corrected chi connectivity index (χ0v) is 33.1. The van der Waals surface area contributed by atoms with Gasteiger partial charge >= 0.3 is 24.0 Å². The number of fused-ring (bicyclic) bond motifs is 1. The van der Waals surface area contributed by atoms with Gasteiger partial charge in [-0.15, -0.1) is 0 Å². The van der Waals surface area contributed by atoms with Crippen LogP contribution in [0.3, 0.4) is 0 Å². The van der Waals surface area contributed by atoms with Gasteiger partial charge in [0.25, 0.3) is 5.91 Å². The fourth-order valence-corrected chi connectivity index (χ4v) is 4.64. The van der Waals surface area contributed by atoms with Crippen molar-refractivity contribution < 1.29 is 58.3 Å². The minimum Gasteiger partial charge on any atom is -0.479 e. The van der Waals surface area contributed by atoms with Crippen LogP contribution in [-0.2, 0) is 47.0 Å². The molecule has 0 aliphatic carbocycles. The van der Waals surface area contributed by atoms with Gasteiger partial charge in [0.15, 0.2) is 6.10 Å². The third-order valence-corrected chi connectivity index (χ3v) is 7.67. The first-order valence-electron chi connectivity index (χ1n) is 17.7. The molecule has 4 rings (SSSR count). The minimum atomic E-state index is -1.53. The first-order valence-corrected chi connectivity index (χ1v) is 17.7. The number of aryl methyl sites for hydroxylation is 1. The Labute approximate surface area is 334 Å². The van der Waals surface area contributed by atoms with Crippen LogP contribution in [0.1, 0.15) is 62.3 Å². The van der Waals surface area contributed by atoms with E-state index in [1.54, 1.807) is 88.5 Å². The number of carboxylic acids is 1. The molecule has 1 atom stereocenters. The molecule has 0 aliphatic rings. The van der Waals surface area contributed by atoms with Crippen molar-refractivity contribution >= 4 is 64.6 Å². The number of imidazole rings is 1. The Morgan fingerprint density at radius 3 is 2.24 bits per heavy atom. The molecule has 58 heavy (non-hydrogen) atoms. The van der Waals surface area contributed by atoms with Crippen molar-refractivity contribution in [1.29, 1.82) is 0 Å². The van der Waals surface area contributed by atoms with E-state index in [1.807, 2.05) is 17.7 Å². The molecule has 312 valence electrons. The summed E-state index contributed by atoms with van der Waals surface area (Å²) in [4.78, 5) is 82.8. The zero-order chi connectivity index (χ0) is 43.4. The van der Waals surface area contributed by atoms with E-state index < -0.39 is 42.3 Å². The lowest BCUT2D eigenvalue weighted by atomic mass is 9.98. The number of ether oxygens (including phenoxy) is 3. The standard InChI is InChI=1S/C34H39N7O7.C4H6O4.CH4O/c1-6-46-29(42)16-18-41(27-9-7-8-17-36-27)31(43)23-12-15-26-25(19-23)38-28(40(26)5)20-37-24-13-10-22(11-14-24)30(35)39-33(45)48-21-47-32(44)34(2,3)4;5-2-1-3(6)4(7)8;1-2/h7-15,17,19,37H,6,16,18,20-21H2,1-5H3,(H2,35,39,45);2-3,6H,1H2,(H,7,8);2H,1H3. The number of pyridine rings is 1. The normalized spacial score (nSPS) is 11.4. The van der Waals surface area contributed by atoms with E-state index >= 15 is 0 Å². The SMILES string of the molecule is CCOC(=O)CCN(C(=O)c1ccc2c(c1)nc(CNc1ccc(/C(N)=N\C(=O)OCOC(=O)C(C)(C)C)cc1)n2C)c1ccccn1.CO.O=CCC(O)C(=O)O. The molecule has 0 aliphatic heterocycles. The number of hydrogen-bond acceptors (Lipinski definition) is 14. The van der Waals surface area contributed by atoms with Gasteiger partial charge in [-0.25, -0.2) is 19.6 Å². The number of rotatable bonds is 15. The summed E-state index contributed by atoms with van der Waals surface area (Å²) in [7, 11) is 2.89. The largest absolute Gasteiger partial charge is 0.479 e. The van der Waals surface area contributed by atoms with E-state index in [9.17, 15) is 28.8 Å². The number of nitrogens with two attached hydrogens (primary N) is 1. The number of aldehydes is 1. The highest BCUT2D eigenvalue weighted by molar-refractivity contribution is 6.07. The quantitative estimate of drug-likeness (QED) is 0.0379. The van der Waals surface area contributed by atoms with Gasteiger partial charge in [0.05, 0.1) is 36.0 Å². The summed E-state index contributed by atoms with van der Waals surface area (Å²) >= 11 is 0. The number of hydrogen-bond donors (Lipinski definition) is 5. The third-order valence-electron chi connectivity index (χ3n) is 7.67. The van der Waals surface area contributed by atoms with E-state index in [1.165, 1.54) is 4.90 Å². The van der Waals surface area contributed by atoms with Crippen LogP contribution in [0, 0.1) is 5.41 Å². The first kappa shape index (κ1) is 47.4. The second kappa shape index (κ2) is 23.4. The average Bonchev–Trinajstić information content (AvgIpc) is 3.52. The molecule has 0 spiro atoms. The predicted octanol–water partition coefficient (Wildman–Crippen LogP) is 3.20. The molecule has 2 amide bonds. The minimum absolute atomic E-state index is 0.0289. The van der Waals surface area contributed by atoms with Gasteiger partial charge < -0.3 is 49.9 Å². The van der Waals surface area contributed by atoms with Gasteiger partial charge in [-0.1, -0.05) is 6.07 Å². The van der Waals surface area contributed by atoms with E-state index in [0.717, 1.165) is 24.1 Å². The van der Waals surface area contributed by atoms with Crippen LogP contribution >= 0.6 is 0 Å². The van der Waals surface area contributed by atoms with Crippen molar-refractivity contribution in [3.63, 3.8) is 0 Å². The Balaban J connectivity index is 0.00000103. The number of benzene rings is 2. The van der Waals surface area contributed by atoms with Gasteiger partial charge in [0, 0.05) is 50.1 Å². The van der Waals surface area contributed by atoms with Crippen LogP contribution in [0.15, 0.2) is 71.9 Å². The number of aliphatic hydroxyl groups excluding tert-OH is 2. The van der Waals surface area contributed by atoms with Crippen molar-refractivity contribution in [3.8, 4) is 0 Å². The fourth-order valence-electron chi connectivity index (χ4n) is 4.64. The molecule has 0 saturated carbocycles. The van der Waals surface area contributed by atoms with E-state index in [4.69, 9.17) is 40.2 Å². The lowest BCUT2D eigenvalue weighted by molar-refractivity contribution is -0.161. The number of aromatic nitrogens is 3. The number of carbonyl (C=O) groups is 6. The number of anilines is 2. The number of nitrogens with zero attached hydrogens (tertiary/aromatic N) is 5. The number of esters is 2. The Bertz CT molecular complexity index is 2030. The molecule has 2 aromatic carbocycles. The zero-order valence-electron chi connectivity index (χ0n) is 33.1. The van der Waals surface area contributed by atoms with Crippen LogP contribution in [0.2, 0.25) is 0 Å². The van der Waals surface area contributed by atoms with Gasteiger partial charge in [-0.3, -0.25) is 19.3 Å². The number of nitrogens with one attached hydrogen (secondary N) is 1. The van der Waals surface area contributed by atoms with Gasteiger partial charge in [0.1, 0.15) is 23.8 Å². The highest BCUT2D eigenvalue weighted by Gasteiger charge is 2.24. The first-order chi connectivity index (χ1) is 27.5. The summed E-state index contributed by atoms with van der Waals surface area (Å²) in [5, 5.41) is 26.5. The highest BCUT2D eigenvalue weighted by Crippen LogP contribution is 2.22. The lowest BCUT2D eigenvalue weighted by Gasteiger charge is -2.21. The highest BCUT2D eigenvalue weighted by atomic mass is 16.7. The summed E-state index contributed by atoms with van der Waals surface area (Å²) in [6.07, 6.45) is -0.878. The maximum atomic E-state index is 13.6. The maximum absolute atomic E-state index is 13.6. The van der Waals surface area contributed by atoms with Gasteiger partial charge in [-0.05, 0) is 82.3 Å². The fraction of sp³-hybridized carbons (Fsp3) is 0.359. The van der Waals surface area contributed by atoms with E-state index in [0.29, 0.717) is 35.3 Å². The molecule has 19 nitrogen and oxygen atoms in total. The number of aliphatic hydroxyl groups is 2. The number of amidine groups is 1. The summed E-state index contributed by atoms with van der Waals surface area (Å²) in [5.74, 6) is -1.50. The van der Waals surface area contributed by atoms with Crippen molar-refractivity contribution in [1.82, 2.24) is 14.5 Å². The second-order valence-corrected chi connectivity index (χ2v) is 12.9. The molecular weight excluding hydrogens is 758 g/mol. The molecule has 6 N–H and O–H groups in total. The maximum Gasteiger partial charge on any atom is 0.438 e. The topological polar surface area (TPSA) is 275 Å².